The number of carbonyl (C=O) groups is 2. The van der Waals surface area contributed by atoms with E-state index in [1.54, 1.807) is 24.6 Å². The molecule has 7 nitrogen and oxygen atoms in total. The summed E-state index contributed by atoms with van der Waals surface area (Å²) in [6, 6.07) is 18.4. The molecule has 2 aliphatic rings. The maximum Gasteiger partial charge on any atom is 0.321 e. The first-order valence-electron chi connectivity index (χ1n) is 12.8. The van der Waals surface area contributed by atoms with Gasteiger partial charge in [0.2, 0.25) is 5.91 Å². The molecule has 194 valence electrons. The summed E-state index contributed by atoms with van der Waals surface area (Å²) in [5, 5.41) is 3.40. The van der Waals surface area contributed by atoms with Gasteiger partial charge in [-0.3, -0.25) is 14.6 Å². The number of aromatic nitrogens is 1. The number of nitrogens with zero attached hydrogens (tertiary/aromatic N) is 4. The molecule has 0 bridgehead atoms. The minimum Gasteiger partial charge on any atom is -0.315 e. The summed E-state index contributed by atoms with van der Waals surface area (Å²) in [6.07, 6.45) is 4.96. The van der Waals surface area contributed by atoms with Crippen molar-refractivity contribution >= 4 is 23.3 Å². The fourth-order valence-electron chi connectivity index (χ4n) is 6.08. The largest absolute Gasteiger partial charge is 0.321 e. The lowest BCUT2D eigenvalue weighted by atomic mass is 9.77. The fourth-order valence-corrected chi connectivity index (χ4v) is 6.78. The average molecular weight is 519 g/mol. The number of thiophene rings is 1. The van der Waals surface area contributed by atoms with Crippen LogP contribution in [-0.4, -0.2) is 58.0 Å². The van der Waals surface area contributed by atoms with Crippen LogP contribution < -0.4 is 0 Å². The maximum atomic E-state index is 14.0. The molecule has 0 radical (unpaired) electrons. The van der Waals surface area contributed by atoms with E-state index in [1.165, 1.54) is 17.7 Å². The number of pyridine rings is 1. The van der Waals surface area contributed by atoms with E-state index in [0.29, 0.717) is 19.5 Å². The zero-order valence-electron chi connectivity index (χ0n) is 21.6. The Morgan fingerprint density at radius 3 is 2.49 bits per heavy atom. The summed E-state index contributed by atoms with van der Waals surface area (Å²) in [5.74, 6) is -0.109. The Balaban J connectivity index is 1.56. The molecule has 5 rings (SSSR count). The first-order chi connectivity index (χ1) is 18.0. The van der Waals surface area contributed by atoms with Crippen LogP contribution in [0.2, 0.25) is 0 Å². The number of hydrogen-bond acceptors (Lipinski definition) is 5. The summed E-state index contributed by atoms with van der Waals surface area (Å²) >= 11 is 1.67. The molecule has 1 saturated carbocycles. The van der Waals surface area contributed by atoms with E-state index in [9.17, 15) is 9.59 Å². The molecule has 0 spiro atoms. The van der Waals surface area contributed by atoms with Gasteiger partial charge in [-0.05, 0) is 53.3 Å². The van der Waals surface area contributed by atoms with Gasteiger partial charge in [0.15, 0.2) is 0 Å². The second-order valence-electron chi connectivity index (χ2n) is 10.1. The van der Waals surface area contributed by atoms with Crippen molar-refractivity contribution in [3.05, 3.63) is 88.4 Å². The van der Waals surface area contributed by atoms with Gasteiger partial charge >= 0.3 is 6.03 Å². The minimum absolute atomic E-state index is 0.00965. The highest BCUT2D eigenvalue weighted by atomic mass is 32.1. The Hall–Kier alpha value is -3.23. The van der Waals surface area contributed by atoms with Crippen LogP contribution in [0, 0.1) is 11.8 Å². The van der Waals surface area contributed by atoms with E-state index in [4.69, 9.17) is 4.84 Å². The molecule has 1 saturated heterocycles. The van der Waals surface area contributed by atoms with Crippen molar-refractivity contribution in [2.45, 2.75) is 50.9 Å². The van der Waals surface area contributed by atoms with Crippen molar-refractivity contribution in [3.63, 3.8) is 0 Å². The molecule has 0 N–H and O–H groups in total. The summed E-state index contributed by atoms with van der Waals surface area (Å²) in [4.78, 5) is 42.4. The third kappa shape index (κ3) is 5.13. The fraction of sp³-hybridized carbons (Fsp3) is 0.414. The third-order valence-corrected chi connectivity index (χ3v) is 8.97. The molecule has 1 aliphatic carbocycles. The summed E-state index contributed by atoms with van der Waals surface area (Å²) in [5.41, 5.74) is 2.20. The molecular formula is C29H34N4O3S. The summed E-state index contributed by atoms with van der Waals surface area (Å²) in [7, 11) is 3.19. The highest BCUT2D eigenvalue weighted by Crippen LogP contribution is 2.46. The molecule has 3 aromatic rings. The third-order valence-electron chi connectivity index (χ3n) is 8.11. The quantitative estimate of drug-likeness (QED) is 0.405. The van der Waals surface area contributed by atoms with Crippen LogP contribution in [0.15, 0.2) is 72.4 Å². The molecule has 1 aromatic carbocycles. The first kappa shape index (κ1) is 25.4. The van der Waals surface area contributed by atoms with Gasteiger partial charge < -0.3 is 9.80 Å². The van der Waals surface area contributed by atoms with Crippen molar-refractivity contribution in [1.82, 2.24) is 19.8 Å². The summed E-state index contributed by atoms with van der Waals surface area (Å²) in [6.45, 7) is 3.23. The van der Waals surface area contributed by atoms with Crippen LogP contribution in [0.25, 0.3) is 0 Å². The lowest BCUT2D eigenvalue weighted by Crippen LogP contribution is -2.41. The van der Waals surface area contributed by atoms with Gasteiger partial charge in [-0.2, -0.15) is 0 Å². The smallest absolute Gasteiger partial charge is 0.315 e. The van der Waals surface area contributed by atoms with Gasteiger partial charge in [-0.25, -0.2) is 9.86 Å². The van der Waals surface area contributed by atoms with Crippen LogP contribution in [0.4, 0.5) is 4.79 Å². The van der Waals surface area contributed by atoms with Gasteiger partial charge in [0.25, 0.3) is 0 Å². The Morgan fingerprint density at radius 1 is 1.05 bits per heavy atom. The van der Waals surface area contributed by atoms with Gasteiger partial charge in [-0.15, -0.1) is 11.3 Å². The Labute approximate surface area is 222 Å². The van der Waals surface area contributed by atoms with Crippen molar-refractivity contribution in [2.24, 2.45) is 11.8 Å². The van der Waals surface area contributed by atoms with E-state index in [-0.39, 0.29) is 41.8 Å². The molecule has 1 aliphatic heterocycles. The molecule has 2 fully saturated rings. The van der Waals surface area contributed by atoms with Crippen LogP contribution in [-0.2, 0) is 22.7 Å². The van der Waals surface area contributed by atoms with Gasteiger partial charge in [0.1, 0.15) is 0 Å². The Bertz CT molecular complexity index is 1190. The maximum absolute atomic E-state index is 14.0. The minimum atomic E-state index is -0.281. The zero-order chi connectivity index (χ0) is 25.9. The van der Waals surface area contributed by atoms with E-state index in [1.807, 2.05) is 40.3 Å². The summed E-state index contributed by atoms with van der Waals surface area (Å²) < 4.78 is 0. The topological polar surface area (TPSA) is 66.0 Å². The molecule has 3 heterocycles. The van der Waals surface area contributed by atoms with E-state index >= 15 is 0 Å². The number of urea groups is 1. The SMILES string of the molecule is CON(C)C(=O)[C@H]1C[C@@H]2[C@H](C[C@@H](c3ccccc3)[C@H]1C)N(Cc1cccs1)C(=O)N2Cc1cccnc1. The standard InChI is InChI=1S/C29H34N4O3S/c1-20-24(22-10-5-4-6-11-22)15-26-27(16-25(20)28(34)31(2)36-3)32(18-21-9-7-13-30-17-21)29(35)33(26)19-23-12-8-14-37-23/h4-14,17,20,24-27H,15-16,18-19H2,1-3H3/t20-,24-,25+,26+,27-/m1/s1. The normalized spacial score (nSPS) is 25.6. The van der Waals surface area contributed by atoms with Crippen LogP contribution in [0.1, 0.15) is 41.7 Å². The number of benzene rings is 1. The number of rotatable bonds is 7. The molecule has 3 amide bonds. The van der Waals surface area contributed by atoms with Crippen LogP contribution in [0.5, 0.6) is 0 Å². The van der Waals surface area contributed by atoms with E-state index in [2.05, 4.69) is 47.6 Å². The van der Waals surface area contributed by atoms with E-state index in [0.717, 1.165) is 16.9 Å². The van der Waals surface area contributed by atoms with Crippen molar-refractivity contribution in [3.8, 4) is 0 Å². The average Bonchev–Trinajstić information content (AvgIpc) is 3.49. The van der Waals surface area contributed by atoms with Crippen molar-refractivity contribution in [1.29, 1.82) is 0 Å². The lowest BCUT2D eigenvalue weighted by Gasteiger charge is -2.32. The number of hydroxylamine groups is 2. The zero-order valence-corrected chi connectivity index (χ0v) is 22.4. The molecule has 37 heavy (non-hydrogen) atoms. The van der Waals surface area contributed by atoms with Crippen molar-refractivity contribution in [2.75, 3.05) is 14.2 Å². The number of hydrogen-bond donors (Lipinski definition) is 0. The first-order valence-corrected chi connectivity index (χ1v) is 13.7. The molecule has 8 heteroatoms. The Kier molecular flexibility index (Phi) is 7.58. The lowest BCUT2D eigenvalue weighted by molar-refractivity contribution is -0.175. The predicted molar refractivity (Wildman–Crippen MR) is 143 cm³/mol. The highest BCUT2D eigenvalue weighted by molar-refractivity contribution is 7.09. The van der Waals surface area contributed by atoms with E-state index < -0.39 is 0 Å². The second-order valence-corrected chi connectivity index (χ2v) is 11.1. The molecule has 2 aromatic heterocycles. The molecular weight excluding hydrogens is 484 g/mol. The molecule has 5 atom stereocenters. The highest BCUT2D eigenvalue weighted by Gasteiger charge is 2.52. The number of carbonyl (C=O) groups excluding carboxylic acids is 2. The second kappa shape index (κ2) is 11.0. The van der Waals surface area contributed by atoms with Crippen molar-refractivity contribution < 1.29 is 14.4 Å². The monoisotopic (exact) mass is 518 g/mol. The van der Waals surface area contributed by atoms with Gasteiger partial charge in [0.05, 0.1) is 25.7 Å². The Morgan fingerprint density at radius 2 is 1.81 bits per heavy atom. The number of amides is 3. The van der Waals surface area contributed by atoms with Gasteiger partial charge in [0, 0.05) is 36.8 Å². The number of fused-ring (bicyclic) bond motifs is 1. The van der Waals surface area contributed by atoms with Crippen LogP contribution in [0.3, 0.4) is 0 Å². The van der Waals surface area contributed by atoms with Crippen LogP contribution >= 0.6 is 11.3 Å². The molecule has 0 unspecified atom stereocenters. The predicted octanol–water partition coefficient (Wildman–Crippen LogP) is 5.17. The van der Waals surface area contributed by atoms with Gasteiger partial charge in [-0.1, -0.05) is 49.4 Å².